The van der Waals surface area contributed by atoms with E-state index in [4.69, 9.17) is 5.26 Å². The van der Waals surface area contributed by atoms with Gasteiger partial charge in [-0.05, 0) is 34.7 Å². The van der Waals surface area contributed by atoms with Crippen LogP contribution in [0.25, 0.3) is 0 Å². The number of halogens is 1. The van der Waals surface area contributed by atoms with E-state index in [2.05, 4.69) is 27.6 Å². The summed E-state index contributed by atoms with van der Waals surface area (Å²) < 4.78 is 0.999. The molecule has 0 amide bonds. The van der Waals surface area contributed by atoms with Gasteiger partial charge in [0.1, 0.15) is 11.6 Å². The first kappa shape index (κ1) is 9.34. The summed E-state index contributed by atoms with van der Waals surface area (Å²) in [6.07, 6.45) is 6.87. The predicted octanol–water partition coefficient (Wildman–Crippen LogP) is 1.92. The van der Waals surface area contributed by atoms with Crippen molar-refractivity contribution in [3.63, 3.8) is 0 Å². The fraction of sp³-hybridized carbons (Fsp3) is 0.100. The van der Waals surface area contributed by atoms with Crippen LogP contribution >= 0.6 is 22.6 Å². The van der Waals surface area contributed by atoms with Crippen LogP contribution in [-0.4, -0.2) is 11.5 Å². The van der Waals surface area contributed by atoms with Gasteiger partial charge in [0.2, 0.25) is 0 Å². The lowest BCUT2D eigenvalue weighted by molar-refractivity contribution is -0.116. The second-order valence-electron chi connectivity index (χ2n) is 2.94. The molecule has 0 saturated carbocycles. The molecule has 68 valence electrons. The van der Waals surface area contributed by atoms with Crippen LogP contribution in [0.2, 0.25) is 0 Å². The van der Waals surface area contributed by atoms with Gasteiger partial charge in [-0.15, -0.1) is 0 Å². The van der Waals surface area contributed by atoms with Gasteiger partial charge >= 0.3 is 0 Å². The quantitative estimate of drug-likeness (QED) is 0.641. The van der Waals surface area contributed by atoms with Crippen molar-refractivity contribution in [3.05, 3.63) is 33.6 Å². The van der Waals surface area contributed by atoms with Crippen molar-refractivity contribution in [2.45, 2.75) is 0 Å². The van der Waals surface area contributed by atoms with Gasteiger partial charge < -0.3 is 0 Å². The third-order valence-electron chi connectivity index (χ3n) is 2.07. The molecule has 0 spiro atoms. The molecule has 4 heteroatoms. The molecule has 1 aliphatic carbocycles. The summed E-state index contributed by atoms with van der Waals surface area (Å²) in [4.78, 5) is 15.7. The van der Waals surface area contributed by atoms with E-state index in [0.717, 1.165) is 9.29 Å². The molecular weight excluding hydrogens is 291 g/mol. The smallest absolute Gasteiger partial charge is 0.187 e. The van der Waals surface area contributed by atoms with Gasteiger partial charge in [0, 0.05) is 9.78 Å². The largest absolute Gasteiger partial charge is 0.292 e. The summed E-state index contributed by atoms with van der Waals surface area (Å²) in [7, 11) is 0. The number of nitriles is 1. The van der Waals surface area contributed by atoms with Crippen molar-refractivity contribution in [2.24, 2.45) is 10.9 Å². The molecule has 0 N–H and O–H groups in total. The molecule has 0 saturated heterocycles. The minimum atomic E-state index is -0.355. The molecule has 0 fully saturated rings. The highest BCUT2D eigenvalue weighted by atomic mass is 127. The minimum Gasteiger partial charge on any atom is -0.292 e. The van der Waals surface area contributed by atoms with E-state index >= 15 is 0 Å². The van der Waals surface area contributed by atoms with E-state index in [9.17, 15) is 4.79 Å². The van der Waals surface area contributed by atoms with Crippen LogP contribution in [0.5, 0.6) is 0 Å². The lowest BCUT2D eigenvalue weighted by Gasteiger charge is -2.17. The van der Waals surface area contributed by atoms with Gasteiger partial charge in [-0.25, -0.2) is 0 Å². The van der Waals surface area contributed by atoms with E-state index in [1.165, 1.54) is 6.20 Å². The van der Waals surface area contributed by atoms with Crippen molar-refractivity contribution >= 4 is 34.1 Å². The summed E-state index contributed by atoms with van der Waals surface area (Å²) in [5, 5.41) is 8.67. The molecule has 0 aromatic carbocycles. The SMILES string of the molecule is N#CC1=CN=C2C=CC(I)=CC2C1=O. The maximum atomic E-state index is 11.7. The highest BCUT2D eigenvalue weighted by molar-refractivity contribution is 14.1. The Labute approximate surface area is 94.7 Å². The first-order valence-corrected chi connectivity index (χ1v) is 5.08. The molecular formula is C10H5IN2O. The van der Waals surface area contributed by atoms with Crippen molar-refractivity contribution in [3.8, 4) is 6.07 Å². The zero-order chi connectivity index (χ0) is 10.1. The lowest BCUT2D eigenvalue weighted by Crippen LogP contribution is -2.26. The highest BCUT2D eigenvalue weighted by Crippen LogP contribution is 2.25. The summed E-state index contributed by atoms with van der Waals surface area (Å²) >= 11 is 2.14. The molecule has 2 rings (SSSR count). The molecule has 0 aromatic heterocycles. The number of aliphatic imine (C=N–C) groups is 1. The second kappa shape index (κ2) is 3.50. The van der Waals surface area contributed by atoms with E-state index < -0.39 is 0 Å². The molecule has 14 heavy (non-hydrogen) atoms. The molecule has 2 aliphatic rings. The Balaban J connectivity index is 2.47. The average molecular weight is 296 g/mol. The first-order chi connectivity index (χ1) is 6.72. The van der Waals surface area contributed by atoms with E-state index in [0.29, 0.717) is 0 Å². The lowest BCUT2D eigenvalue weighted by atomic mass is 9.89. The number of carbonyl (C=O) groups is 1. The van der Waals surface area contributed by atoms with Gasteiger partial charge in [0.05, 0.1) is 11.6 Å². The van der Waals surface area contributed by atoms with Gasteiger partial charge in [-0.1, -0.05) is 6.08 Å². The van der Waals surface area contributed by atoms with Crippen molar-refractivity contribution in [2.75, 3.05) is 0 Å². The number of allylic oxidation sites excluding steroid dienone is 5. The maximum Gasteiger partial charge on any atom is 0.187 e. The number of nitrogens with zero attached hydrogens (tertiary/aromatic N) is 2. The number of ketones is 1. The Morgan fingerprint density at radius 3 is 3.00 bits per heavy atom. The Hall–Kier alpha value is -1.22. The number of carbonyl (C=O) groups excluding carboxylic acids is 1. The zero-order valence-corrected chi connectivity index (χ0v) is 9.22. The van der Waals surface area contributed by atoms with Gasteiger partial charge in [0.25, 0.3) is 0 Å². The highest BCUT2D eigenvalue weighted by Gasteiger charge is 2.28. The second-order valence-corrected chi connectivity index (χ2v) is 4.18. The third kappa shape index (κ3) is 1.44. The Bertz CT molecular complexity index is 463. The Morgan fingerprint density at radius 1 is 1.50 bits per heavy atom. The molecule has 3 nitrogen and oxygen atoms in total. The summed E-state index contributed by atoms with van der Waals surface area (Å²) in [6.45, 7) is 0. The fourth-order valence-corrected chi connectivity index (χ4v) is 1.90. The van der Waals surface area contributed by atoms with Crippen LogP contribution in [0.1, 0.15) is 0 Å². The van der Waals surface area contributed by atoms with Crippen molar-refractivity contribution < 1.29 is 4.79 Å². The standard InChI is InChI=1S/C10H5IN2O/c11-7-1-2-9-8(3-7)10(14)6(4-12)5-13-9/h1-3,5,8H. The van der Waals surface area contributed by atoms with Crippen LogP contribution in [0.15, 0.2) is 38.6 Å². The molecule has 1 aliphatic heterocycles. The number of fused-ring (bicyclic) bond motifs is 1. The summed E-state index contributed by atoms with van der Waals surface area (Å²) in [5.74, 6) is -0.512. The van der Waals surface area contributed by atoms with Gasteiger partial charge in [-0.2, -0.15) is 5.26 Å². The fourth-order valence-electron chi connectivity index (χ4n) is 1.36. The Morgan fingerprint density at radius 2 is 2.29 bits per heavy atom. The molecule has 0 aromatic rings. The van der Waals surface area contributed by atoms with Crippen molar-refractivity contribution in [1.82, 2.24) is 0 Å². The maximum absolute atomic E-state index is 11.7. The van der Waals surface area contributed by atoms with Crippen LogP contribution in [0.3, 0.4) is 0 Å². The summed E-state index contributed by atoms with van der Waals surface area (Å²) in [5.41, 5.74) is 0.851. The van der Waals surface area contributed by atoms with E-state index in [1.807, 2.05) is 24.3 Å². The van der Waals surface area contributed by atoms with Crippen LogP contribution in [0.4, 0.5) is 0 Å². The molecule has 1 atom stereocenters. The minimum absolute atomic E-state index is 0.134. The first-order valence-electron chi connectivity index (χ1n) is 4.00. The van der Waals surface area contributed by atoms with Crippen LogP contribution in [-0.2, 0) is 4.79 Å². The monoisotopic (exact) mass is 296 g/mol. The number of hydrogen-bond donors (Lipinski definition) is 0. The zero-order valence-electron chi connectivity index (χ0n) is 7.07. The Kier molecular flexibility index (Phi) is 2.33. The number of Topliss-reactive ketones (excluding diaryl/α,β-unsaturated/α-hetero) is 1. The van der Waals surface area contributed by atoms with E-state index in [-0.39, 0.29) is 17.3 Å². The normalized spacial score (nSPS) is 24.4. The predicted molar refractivity (Wildman–Crippen MR) is 60.9 cm³/mol. The molecule has 1 heterocycles. The average Bonchev–Trinajstić information content (AvgIpc) is 2.20. The molecule has 0 bridgehead atoms. The molecule has 1 unspecified atom stereocenters. The molecule has 0 radical (unpaired) electrons. The summed E-state index contributed by atoms with van der Waals surface area (Å²) in [6, 6.07) is 1.85. The van der Waals surface area contributed by atoms with E-state index in [1.54, 1.807) is 0 Å². The topological polar surface area (TPSA) is 53.2 Å². The van der Waals surface area contributed by atoms with Crippen LogP contribution in [0, 0.1) is 17.2 Å². The van der Waals surface area contributed by atoms with Gasteiger partial charge in [-0.3, -0.25) is 9.79 Å². The van der Waals surface area contributed by atoms with Crippen molar-refractivity contribution in [1.29, 1.82) is 5.26 Å². The third-order valence-corrected chi connectivity index (χ3v) is 2.79. The van der Waals surface area contributed by atoms with Gasteiger partial charge in [0.15, 0.2) is 5.78 Å². The van der Waals surface area contributed by atoms with Crippen LogP contribution < -0.4 is 0 Å². The number of rotatable bonds is 0. The number of hydrogen-bond acceptors (Lipinski definition) is 3.